The molecule has 1 aliphatic rings. The molecule has 1 saturated heterocycles. The molecule has 3 amide bonds. The molecule has 0 spiro atoms. The van der Waals surface area contributed by atoms with Crippen LogP contribution in [0.2, 0.25) is 0 Å². The van der Waals surface area contributed by atoms with Crippen molar-refractivity contribution in [3.8, 4) is 11.5 Å². The van der Waals surface area contributed by atoms with Gasteiger partial charge in [0.05, 0.1) is 26.3 Å². The second kappa shape index (κ2) is 8.71. The number of methoxy groups -OCH3 is 2. The summed E-state index contributed by atoms with van der Waals surface area (Å²) in [7, 11) is 3.25. The number of likely N-dealkylation sites (tertiary alicyclic amines) is 1. The molecule has 7 nitrogen and oxygen atoms in total. The molecule has 0 bridgehead atoms. The Morgan fingerprint density at radius 1 is 1.28 bits per heavy atom. The van der Waals surface area contributed by atoms with Gasteiger partial charge in [0.15, 0.2) is 6.54 Å². The number of carbonyl (C=O) groups is 2. The van der Waals surface area contributed by atoms with E-state index in [1.54, 1.807) is 14.2 Å². The number of ether oxygens (including phenoxy) is 2. The summed E-state index contributed by atoms with van der Waals surface area (Å²) < 4.78 is 10.7. The molecule has 0 aliphatic carbocycles. The van der Waals surface area contributed by atoms with Crippen LogP contribution in [0.25, 0.3) is 0 Å². The maximum Gasteiger partial charge on any atom is 0.321 e. The second-order valence-corrected chi connectivity index (χ2v) is 6.56. The number of amides is 3. The van der Waals surface area contributed by atoms with Crippen LogP contribution < -0.4 is 25.0 Å². The lowest BCUT2D eigenvalue weighted by Crippen LogP contribution is -3.11. The van der Waals surface area contributed by atoms with E-state index >= 15 is 0 Å². The third-order valence-corrected chi connectivity index (χ3v) is 4.36. The monoisotopic (exact) mass is 350 g/mol. The van der Waals surface area contributed by atoms with E-state index in [4.69, 9.17) is 9.47 Å². The van der Waals surface area contributed by atoms with Crippen molar-refractivity contribution in [1.29, 1.82) is 0 Å². The van der Waals surface area contributed by atoms with Gasteiger partial charge < -0.3 is 19.7 Å². The zero-order valence-electron chi connectivity index (χ0n) is 15.3. The van der Waals surface area contributed by atoms with Gasteiger partial charge in [-0.1, -0.05) is 0 Å². The number of nitrogens with one attached hydrogen (secondary N) is 3. The van der Waals surface area contributed by atoms with Crippen LogP contribution in [0.1, 0.15) is 38.3 Å². The van der Waals surface area contributed by atoms with Crippen molar-refractivity contribution in [2.75, 3.05) is 27.3 Å². The molecule has 0 saturated carbocycles. The van der Waals surface area contributed by atoms with Crippen LogP contribution >= 0.6 is 0 Å². The maximum absolute atomic E-state index is 12.2. The third-order valence-electron chi connectivity index (χ3n) is 4.36. The normalized spacial score (nSPS) is 19.6. The highest BCUT2D eigenvalue weighted by molar-refractivity contribution is 5.94. The minimum absolute atomic E-state index is 0.0109. The first-order valence-corrected chi connectivity index (χ1v) is 8.61. The van der Waals surface area contributed by atoms with E-state index in [-0.39, 0.29) is 24.5 Å². The van der Waals surface area contributed by atoms with Gasteiger partial charge in [0.25, 0.3) is 5.91 Å². The Morgan fingerprint density at radius 3 is 2.68 bits per heavy atom. The van der Waals surface area contributed by atoms with Gasteiger partial charge in [-0.05, 0) is 26.0 Å². The molecule has 0 aromatic heterocycles. The highest BCUT2D eigenvalue weighted by Crippen LogP contribution is 2.31. The quantitative estimate of drug-likeness (QED) is 0.704. The zero-order chi connectivity index (χ0) is 18.4. The first-order valence-electron chi connectivity index (χ1n) is 8.61. The minimum Gasteiger partial charge on any atom is -0.497 e. The molecule has 1 fully saturated rings. The zero-order valence-corrected chi connectivity index (χ0v) is 15.3. The van der Waals surface area contributed by atoms with Gasteiger partial charge in [0.2, 0.25) is 0 Å². The Labute approximate surface area is 148 Å². The van der Waals surface area contributed by atoms with Gasteiger partial charge in [-0.3, -0.25) is 10.1 Å². The van der Waals surface area contributed by atoms with E-state index in [0.717, 1.165) is 41.3 Å². The van der Waals surface area contributed by atoms with Gasteiger partial charge in [-0.15, -0.1) is 0 Å². The van der Waals surface area contributed by atoms with Crippen molar-refractivity contribution < 1.29 is 24.0 Å². The molecular formula is C18H28N3O4+. The Bertz CT molecular complexity index is 618. The lowest BCUT2D eigenvalue weighted by molar-refractivity contribution is -0.910. The van der Waals surface area contributed by atoms with Crippen LogP contribution in [0.4, 0.5) is 4.79 Å². The number of rotatable bonds is 6. The van der Waals surface area contributed by atoms with E-state index in [9.17, 15) is 9.59 Å². The molecule has 3 N–H and O–H groups in total. The largest absolute Gasteiger partial charge is 0.497 e. The van der Waals surface area contributed by atoms with Gasteiger partial charge in [-0.2, -0.15) is 0 Å². The summed E-state index contributed by atoms with van der Waals surface area (Å²) in [5.41, 5.74) is 1.07. The Morgan fingerprint density at radius 2 is 2.04 bits per heavy atom. The van der Waals surface area contributed by atoms with E-state index in [1.165, 1.54) is 0 Å². The highest BCUT2D eigenvalue weighted by atomic mass is 16.5. The summed E-state index contributed by atoms with van der Waals surface area (Å²) in [4.78, 5) is 25.0. The molecule has 2 rings (SSSR count). The number of urea groups is 1. The van der Waals surface area contributed by atoms with Crippen LogP contribution in [0, 0.1) is 0 Å². The molecule has 2 atom stereocenters. The summed E-state index contributed by atoms with van der Waals surface area (Å²) >= 11 is 0. The average molecular weight is 350 g/mol. The fourth-order valence-electron chi connectivity index (χ4n) is 3.28. The SMILES string of the molecule is COc1ccc([C@@H]2CCC[NH+]2CC(=O)NC(=O)NC(C)C)c(OC)c1. The molecule has 1 heterocycles. The van der Waals surface area contributed by atoms with Gasteiger partial charge >= 0.3 is 6.03 Å². The molecule has 0 radical (unpaired) electrons. The van der Waals surface area contributed by atoms with Crippen molar-refractivity contribution in [3.63, 3.8) is 0 Å². The van der Waals surface area contributed by atoms with E-state index in [2.05, 4.69) is 10.6 Å². The van der Waals surface area contributed by atoms with Crippen molar-refractivity contribution in [2.45, 2.75) is 38.8 Å². The number of imide groups is 1. The first kappa shape index (κ1) is 19.1. The fraction of sp³-hybridized carbons (Fsp3) is 0.556. The van der Waals surface area contributed by atoms with E-state index in [1.807, 2.05) is 32.0 Å². The van der Waals surface area contributed by atoms with E-state index in [0.29, 0.717) is 0 Å². The van der Waals surface area contributed by atoms with Gasteiger partial charge in [0.1, 0.15) is 17.5 Å². The molecule has 138 valence electrons. The Kier molecular flexibility index (Phi) is 6.64. The second-order valence-electron chi connectivity index (χ2n) is 6.56. The minimum atomic E-state index is -0.447. The third kappa shape index (κ3) is 5.09. The standard InChI is InChI=1S/C18H27N3O4/c1-12(2)19-18(23)20-17(22)11-21-9-5-6-15(21)14-8-7-13(24-3)10-16(14)25-4/h7-8,10,12,15H,5-6,9,11H2,1-4H3,(H2,19,20,22,23)/p+1/t15-/m0/s1. The topological polar surface area (TPSA) is 81.1 Å². The average Bonchev–Trinajstić information content (AvgIpc) is 3.00. The number of quaternary nitrogens is 1. The summed E-state index contributed by atoms with van der Waals surface area (Å²) in [6, 6.07) is 5.47. The lowest BCUT2D eigenvalue weighted by Gasteiger charge is -2.23. The molecular weight excluding hydrogens is 322 g/mol. The molecule has 1 aliphatic heterocycles. The van der Waals surface area contributed by atoms with Crippen molar-refractivity contribution in [3.05, 3.63) is 23.8 Å². The predicted molar refractivity (Wildman–Crippen MR) is 94.0 cm³/mol. The summed E-state index contributed by atoms with van der Waals surface area (Å²) in [5, 5.41) is 5.05. The van der Waals surface area contributed by atoms with Crippen LogP contribution in [0.3, 0.4) is 0 Å². The predicted octanol–water partition coefficient (Wildman–Crippen LogP) is 0.658. The van der Waals surface area contributed by atoms with Crippen molar-refractivity contribution in [1.82, 2.24) is 10.6 Å². The molecule has 1 unspecified atom stereocenters. The smallest absolute Gasteiger partial charge is 0.321 e. The van der Waals surface area contributed by atoms with Crippen LogP contribution in [-0.2, 0) is 4.79 Å². The Hall–Kier alpha value is -2.28. The molecule has 1 aromatic rings. The molecule has 7 heteroatoms. The van der Waals surface area contributed by atoms with Crippen LogP contribution in [0.5, 0.6) is 11.5 Å². The molecule has 25 heavy (non-hydrogen) atoms. The van der Waals surface area contributed by atoms with Crippen LogP contribution in [-0.4, -0.2) is 45.3 Å². The van der Waals surface area contributed by atoms with Crippen LogP contribution in [0.15, 0.2) is 18.2 Å². The van der Waals surface area contributed by atoms with E-state index < -0.39 is 6.03 Å². The number of benzene rings is 1. The first-order chi connectivity index (χ1) is 11.9. The van der Waals surface area contributed by atoms with Crippen molar-refractivity contribution in [2.24, 2.45) is 0 Å². The fourth-order valence-corrected chi connectivity index (χ4v) is 3.28. The lowest BCUT2D eigenvalue weighted by atomic mass is 10.0. The summed E-state index contributed by atoms with van der Waals surface area (Å²) in [5.74, 6) is 1.23. The van der Waals surface area contributed by atoms with Gasteiger partial charge in [0, 0.05) is 24.9 Å². The number of carbonyl (C=O) groups excluding carboxylic acids is 2. The molecule has 1 aromatic carbocycles. The number of hydrogen-bond acceptors (Lipinski definition) is 4. The maximum atomic E-state index is 12.2. The van der Waals surface area contributed by atoms with Crippen molar-refractivity contribution >= 4 is 11.9 Å². The highest BCUT2D eigenvalue weighted by Gasteiger charge is 2.34. The number of hydrogen-bond donors (Lipinski definition) is 3. The Balaban J connectivity index is 2.05. The van der Waals surface area contributed by atoms with Gasteiger partial charge in [-0.25, -0.2) is 4.79 Å². The summed E-state index contributed by atoms with van der Waals surface area (Å²) in [6.45, 7) is 4.84. The summed E-state index contributed by atoms with van der Waals surface area (Å²) in [6.07, 6.45) is 2.00.